The van der Waals surface area contributed by atoms with Crippen LogP contribution in [0.3, 0.4) is 0 Å². The van der Waals surface area contributed by atoms with Crippen LogP contribution < -0.4 is 14.7 Å². The van der Waals surface area contributed by atoms with Gasteiger partial charge in [-0.25, -0.2) is 14.0 Å². The highest BCUT2D eigenvalue weighted by Crippen LogP contribution is 2.31. The van der Waals surface area contributed by atoms with Crippen LogP contribution in [0, 0.1) is 5.82 Å². The summed E-state index contributed by atoms with van der Waals surface area (Å²) in [5.41, 5.74) is 1.24. The Morgan fingerprint density at radius 2 is 1.74 bits per heavy atom. The zero-order valence-corrected chi connectivity index (χ0v) is 14.4. The van der Waals surface area contributed by atoms with Crippen molar-refractivity contribution in [3.63, 3.8) is 0 Å². The monoisotopic (exact) mass is 371 g/mol. The van der Waals surface area contributed by atoms with Gasteiger partial charge >= 0.3 is 12.1 Å². The van der Waals surface area contributed by atoms with Crippen LogP contribution in [0.2, 0.25) is 0 Å². The number of amides is 3. The Labute approximate surface area is 155 Å². The van der Waals surface area contributed by atoms with Crippen molar-refractivity contribution >= 4 is 29.2 Å². The van der Waals surface area contributed by atoms with Gasteiger partial charge in [0.15, 0.2) is 0 Å². The Balaban J connectivity index is 1.55. The summed E-state index contributed by atoms with van der Waals surface area (Å²) < 4.78 is 19.7. The first-order valence-electron chi connectivity index (χ1n) is 8.61. The van der Waals surface area contributed by atoms with Gasteiger partial charge in [-0.3, -0.25) is 14.7 Å². The average molecular weight is 371 g/mol. The minimum Gasteiger partial charge on any atom is -0.441 e. The highest BCUT2D eigenvalue weighted by atomic mass is 19.1. The number of cyclic esters (lactones) is 1. The van der Waals surface area contributed by atoms with Crippen LogP contribution in [0.15, 0.2) is 48.5 Å². The molecule has 0 radical (unpaired) electrons. The van der Waals surface area contributed by atoms with Crippen LogP contribution in [-0.2, 0) is 4.74 Å². The van der Waals surface area contributed by atoms with Gasteiger partial charge in [0.1, 0.15) is 11.9 Å². The third kappa shape index (κ3) is 3.08. The molecule has 2 aliphatic heterocycles. The number of hydrogen-bond acceptors (Lipinski definition) is 4. The van der Waals surface area contributed by atoms with Crippen molar-refractivity contribution in [3.05, 3.63) is 54.3 Å². The molecule has 2 aliphatic rings. The van der Waals surface area contributed by atoms with Crippen LogP contribution >= 0.6 is 0 Å². The SMILES string of the molecule is O=C1O[C@@H](CO)CN1c1ccc(N2CCN(c3ccccc3)C2=O)c(F)c1. The van der Waals surface area contributed by atoms with E-state index < -0.39 is 18.0 Å². The molecule has 2 aromatic rings. The Morgan fingerprint density at radius 3 is 2.41 bits per heavy atom. The van der Waals surface area contributed by atoms with Crippen molar-refractivity contribution in [2.24, 2.45) is 0 Å². The number of benzene rings is 2. The van der Waals surface area contributed by atoms with Crippen molar-refractivity contribution in [2.75, 3.05) is 40.9 Å². The number of rotatable bonds is 4. The molecule has 0 unspecified atom stereocenters. The van der Waals surface area contributed by atoms with E-state index >= 15 is 0 Å². The summed E-state index contributed by atoms with van der Waals surface area (Å²) in [6.07, 6.45) is -1.26. The molecular weight excluding hydrogens is 353 g/mol. The van der Waals surface area contributed by atoms with Crippen molar-refractivity contribution < 1.29 is 23.8 Å². The molecular formula is C19H18FN3O4. The molecule has 7 nitrogen and oxygen atoms in total. The molecule has 4 rings (SSSR count). The molecule has 2 heterocycles. The predicted octanol–water partition coefficient (Wildman–Crippen LogP) is 2.59. The summed E-state index contributed by atoms with van der Waals surface area (Å²) in [6.45, 7) is 0.683. The molecule has 3 amide bonds. The lowest BCUT2D eigenvalue weighted by Gasteiger charge is -2.20. The number of halogens is 1. The Bertz CT molecular complexity index is 877. The second-order valence-corrected chi connectivity index (χ2v) is 6.36. The second kappa shape index (κ2) is 6.88. The van der Waals surface area contributed by atoms with E-state index in [0.29, 0.717) is 18.8 Å². The van der Waals surface area contributed by atoms with Crippen molar-refractivity contribution in [1.82, 2.24) is 0 Å². The van der Waals surface area contributed by atoms with Crippen LogP contribution in [0.4, 0.5) is 31.0 Å². The zero-order valence-electron chi connectivity index (χ0n) is 14.4. The van der Waals surface area contributed by atoms with Gasteiger partial charge < -0.3 is 9.84 Å². The highest BCUT2D eigenvalue weighted by molar-refractivity contribution is 6.06. The number of nitrogens with zero attached hydrogens (tertiary/aromatic N) is 3. The summed E-state index contributed by atoms with van der Waals surface area (Å²) in [7, 11) is 0. The van der Waals surface area contributed by atoms with E-state index in [2.05, 4.69) is 0 Å². The maximum absolute atomic E-state index is 14.7. The lowest BCUT2D eigenvalue weighted by molar-refractivity contribution is 0.0963. The van der Waals surface area contributed by atoms with Crippen LogP contribution in [-0.4, -0.2) is 49.6 Å². The number of anilines is 3. The van der Waals surface area contributed by atoms with Gasteiger partial charge in [0, 0.05) is 18.8 Å². The van der Waals surface area contributed by atoms with E-state index in [4.69, 9.17) is 9.84 Å². The molecule has 2 fully saturated rings. The molecule has 2 saturated heterocycles. The molecule has 1 N–H and O–H groups in total. The van der Waals surface area contributed by atoms with E-state index in [9.17, 15) is 14.0 Å². The van der Waals surface area contributed by atoms with E-state index in [1.165, 1.54) is 21.9 Å². The van der Waals surface area contributed by atoms with Crippen LogP contribution in [0.25, 0.3) is 0 Å². The molecule has 8 heteroatoms. The number of para-hydroxylation sites is 1. The standard InChI is InChI=1S/C19H18FN3O4/c20-16-10-14(23-11-15(12-24)27-19(23)26)6-7-17(16)22-9-8-21(18(22)25)13-4-2-1-3-5-13/h1-7,10,15,24H,8-9,11-12H2/t15-/m1/s1. The van der Waals surface area contributed by atoms with Gasteiger partial charge in [-0.15, -0.1) is 0 Å². The maximum atomic E-state index is 14.7. The van der Waals surface area contributed by atoms with Crippen molar-refractivity contribution in [3.8, 4) is 0 Å². The third-order valence-electron chi connectivity index (χ3n) is 4.69. The van der Waals surface area contributed by atoms with Gasteiger partial charge in [0.2, 0.25) is 0 Å². The summed E-state index contributed by atoms with van der Waals surface area (Å²) in [5, 5.41) is 9.11. The fraction of sp³-hybridized carbons (Fsp3) is 0.263. The average Bonchev–Trinajstić information content (AvgIpc) is 3.25. The summed E-state index contributed by atoms with van der Waals surface area (Å²) >= 11 is 0. The fourth-order valence-corrected chi connectivity index (χ4v) is 3.32. The molecule has 0 aromatic heterocycles. The van der Waals surface area contributed by atoms with E-state index in [1.54, 1.807) is 11.0 Å². The first kappa shape index (κ1) is 17.3. The quantitative estimate of drug-likeness (QED) is 0.897. The third-order valence-corrected chi connectivity index (χ3v) is 4.69. The molecule has 2 aromatic carbocycles. The maximum Gasteiger partial charge on any atom is 0.414 e. The Hall–Kier alpha value is -3.13. The lowest BCUT2D eigenvalue weighted by Crippen LogP contribution is -2.32. The van der Waals surface area contributed by atoms with Crippen LogP contribution in [0.1, 0.15) is 0 Å². The van der Waals surface area contributed by atoms with Gasteiger partial charge in [0.25, 0.3) is 0 Å². The molecule has 0 saturated carbocycles. The zero-order chi connectivity index (χ0) is 19.0. The summed E-state index contributed by atoms with van der Waals surface area (Å²) in [4.78, 5) is 28.8. The summed E-state index contributed by atoms with van der Waals surface area (Å²) in [5.74, 6) is -0.601. The Morgan fingerprint density at radius 1 is 1.00 bits per heavy atom. The molecule has 0 aliphatic carbocycles. The van der Waals surface area contributed by atoms with Crippen molar-refractivity contribution in [2.45, 2.75) is 6.10 Å². The van der Waals surface area contributed by atoms with Gasteiger partial charge in [-0.1, -0.05) is 18.2 Å². The fourth-order valence-electron chi connectivity index (χ4n) is 3.32. The topological polar surface area (TPSA) is 73.3 Å². The first-order chi connectivity index (χ1) is 13.1. The molecule has 1 atom stereocenters. The first-order valence-corrected chi connectivity index (χ1v) is 8.61. The number of urea groups is 1. The van der Waals surface area contributed by atoms with Gasteiger partial charge in [0.05, 0.1) is 24.5 Å². The number of aliphatic hydroxyl groups excluding tert-OH is 1. The van der Waals surface area contributed by atoms with E-state index in [0.717, 1.165) is 5.69 Å². The van der Waals surface area contributed by atoms with Gasteiger partial charge in [-0.05, 0) is 30.3 Å². The second-order valence-electron chi connectivity index (χ2n) is 6.36. The minimum absolute atomic E-state index is 0.151. The molecule has 27 heavy (non-hydrogen) atoms. The number of hydrogen-bond donors (Lipinski definition) is 1. The number of carbonyl (C=O) groups excluding carboxylic acids is 2. The number of ether oxygens (including phenoxy) is 1. The highest BCUT2D eigenvalue weighted by Gasteiger charge is 2.34. The normalized spacial score (nSPS) is 19.8. The Kier molecular flexibility index (Phi) is 4.41. The smallest absolute Gasteiger partial charge is 0.414 e. The summed E-state index contributed by atoms with van der Waals surface area (Å²) in [6, 6.07) is 13.2. The predicted molar refractivity (Wildman–Crippen MR) is 97.6 cm³/mol. The molecule has 140 valence electrons. The number of carbonyl (C=O) groups is 2. The minimum atomic E-state index is -0.631. The van der Waals surface area contributed by atoms with Gasteiger partial charge in [-0.2, -0.15) is 0 Å². The molecule has 0 bridgehead atoms. The van der Waals surface area contributed by atoms with Crippen LogP contribution in [0.5, 0.6) is 0 Å². The van der Waals surface area contributed by atoms with Crippen molar-refractivity contribution in [1.29, 1.82) is 0 Å². The lowest BCUT2D eigenvalue weighted by atomic mass is 10.2. The largest absolute Gasteiger partial charge is 0.441 e. The number of aliphatic hydroxyl groups is 1. The molecule has 0 spiro atoms. The van der Waals surface area contributed by atoms with E-state index in [1.807, 2.05) is 30.3 Å². The van der Waals surface area contributed by atoms with E-state index in [-0.39, 0.29) is 24.9 Å².